The van der Waals surface area contributed by atoms with Gasteiger partial charge in [-0.1, -0.05) is 31.9 Å². The molecule has 2 N–H and O–H groups in total. The van der Waals surface area contributed by atoms with Crippen LogP contribution in [0.3, 0.4) is 0 Å². The van der Waals surface area contributed by atoms with E-state index >= 15 is 0 Å². The summed E-state index contributed by atoms with van der Waals surface area (Å²) in [5, 5.41) is 3.11. The topological polar surface area (TPSA) is 33.5 Å². The van der Waals surface area contributed by atoms with E-state index in [2.05, 4.69) is 12.2 Å². The van der Waals surface area contributed by atoms with E-state index in [0.717, 1.165) is 41.9 Å². The molecule has 1 aromatic rings. The fraction of sp³-hybridized carbons (Fsp3) is 0.611. The molecule has 0 heterocycles. The number of carbonyl (C=O) groups is 1. The Bertz CT molecular complexity index is 542. The molecule has 0 spiro atoms. The van der Waals surface area contributed by atoms with Crippen LogP contribution in [0.15, 0.2) is 24.3 Å². The van der Waals surface area contributed by atoms with Crippen molar-refractivity contribution < 1.29 is 22.9 Å². The van der Waals surface area contributed by atoms with Crippen LogP contribution in [0.5, 0.6) is 0 Å². The summed E-state index contributed by atoms with van der Waals surface area (Å²) < 4.78 is 37.7. The molecule has 1 aliphatic carbocycles. The summed E-state index contributed by atoms with van der Waals surface area (Å²) in [6.07, 6.45) is 0.258. The van der Waals surface area contributed by atoms with Gasteiger partial charge in [0.15, 0.2) is 6.54 Å². The van der Waals surface area contributed by atoms with Gasteiger partial charge in [-0.15, -0.1) is 0 Å². The number of amides is 1. The van der Waals surface area contributed by atoms with Gasteiger partial charge in [0.05, 0.1) is 12.6 Å². The first-order valence-corrected chi connectivity index (χ1v) is 8.52. The number of likely N-dealkylation sites (N-methyl/N-ethyl adjacent to an activating group) is 1. The van der Waals surface area contributed by atoms with Crippen LogP contribution < -0.4 is 10.2 Å². The van der Waals surface area contributed by atoms with Crippen molar-refractivity contribution in [2.24, 2.45) is 5.92 Å². The summed E-state index contributed by atoms with van der Waals surface area (Å²) in [6.45, 7) is 3.01. The lowest BCUT2D eigenvalue weighted by Crippen LogP contribution is -3.09. The molecule has 3 nitrogen and oxygen atoms in total. The Morgan fingerprint density at radius 2 is 1.83 bits per heavy atom. The lowest BCUT2D eigenvalue weighted by atomic mass is 9.86. The average molecular weight is 343 g/mol. The molecule has 6 heteroatoms. The standard InChI is InChI=1S/C18H25F3N2O/c1-13-5-3-4-6-16(13)22-17(24)12-23(2)11-14-7-9-15(10-8-14)18(19,20)21/h7-10,13,16H,3-6,11-12H2,1-2H3,(H,22,24)/p+1/t13-,16+/m1/s1. The second-order valence-corrected chi connectivity index (χ2v) is 6.94. The third kappa shape index (κ3) is 5.51. The number of rotatable bonds is 5. The predicted molar refractivity (Wildman–Crippen MR) is 86.5 cm³/mol. The maximum absolute atomic E-state index is 12.6. The van der Waals surface area contributed by atoms with Gasteiger partial charge in [-0.2, -0.15) is 13.2 Å². The van der Waals surface area contributed by atoms with Crippen molar-refractivity contribution in [3.05, 3.63) is 35.4 Å². The third-order valence-electron chi connectivity index (χ3n) is 4.71. The lowest BCUT2D eigenvalue weighted by molar-refractivity contribution is -0.885. The second-order valence-electron chi connectivity index (χ2n) is 6.94. The van der Waals surface area contributed by atoms with Gasteiger partial charge in [0, 0.05) is 11.6 Å². The molecule has 2 rings (SSSR count). The van der Waals surface area contributed by atoms with E-state index in [4.69, 9.17) is 0 Å². The van der Waals surface area contributed by atoms with Crippen molar-refractivity contribution in [1.82, 2.24) is 5.32 Å². The molecule has 1 amide bonds. The Balaban J connectivity index is 1.81. The third-order valence-corrected chi connectivity index (χ3v) is 4.71. The Hall–Kier alpha value is -1.56. The number of halogens is 3. The monoisotopic (exact) mass is 343 g/mol. The highest BCUT2D eigenvalue weighted by Gasteiger charge is 2.30. The van der Waals surface area contributed by atoms with Gasteiger partial charge in [-0.3, -0.25) is 4.79 Å². The highest BCUT2D eigenvalue weighted by atomic mass is 19.4. The van der Waals surface area contributed by atoms with Crippen molar-refractivity contribution in [1.29, 1.82) is 0 Å². The predicted octanol–water partition coefficient (Wildman–Crippen LogP) is 2.42. The van der Waals surface area contributed by atoms with E-state index in [-0.39, 0.29) is 11.9 Å². The van der Waals surface area contributed by atoms with Gasteiger partial charge >= 0.3 is 6.18 Å². The summed E-state index contributed by atoms with van der Waals surface area (Å²) in [5.41, 5.74) is 0.146. The van der Waals surface area contributed by atoms with Crippen LogP contribution in [0.1, 0.15) is 43.7 Å². The summed E-state index contributed by atoms with van der Waals surface area (Å²) in [7, 11) is 1.88. The Kier molecular flexibility index (Phi) is 6.27. The maximum atomic E-state index is 12.6. The van der Waals surface area contributed by atoms with E-state index in [0.29, 0.717) is 19.0 Å². The SMILES string of the molecule is C[C@@H]1CCCC[C@@H]1NC(=O)C[NH+](C)Cc1ccc(C(F)(F)F)cc1. The first kappa shape index (κ1) is 18.8. The van der Waals surface area contributed by atoms with Crippen LogP contribution in [0.25, 0.3) is 0 Å². The zero-order valence-corrected chi connectivity index (χ0v) is 14.2. The van der Waals surface area contributed by atoms with Crippen LogP contribution in [0, 0.1) is 5.92 Å². The molecule has 134 valence electrons. The van der Waals surface area contributed by atoms with E-state index in [1.165, 1.54) is 18.6 Å². The van der Waals surface area contributed by atoms with Gasteiger partial charge in [0.1, 0.15) is 6.54 Å². The van der Waals surface area contributed by atoms with Crippen LogP contribution >= 0.6 is 0 Å². The van der Waals surface area contributed by atoms with Crippen LogP contribution in [-0.4, -0.2) is 25.5 Å². The number of quaternary nitrogens is 1. The Morgan fingerprint density at radius 1 is 1.21 bits per heavy atom. The number of alkyl halides is 3. The number of nitrogens with one attached hydrogen (secondary N) is 2. The van der Waals surface area contributed by atoms with Crippen molar-refractivity contribution in [2.45, 2.75) is 51.4 Å². The average Bonchev–Trinajstić information content (AvgIpc) is 2.49. The molecular weight excluding hydrogens is 317 g/mol. The zero-order chi connectivity index (χ0) is 17.7. The molecular formula is C18H26F3N2O+. The highest BCUT2D eigenvalue weighted by Crippen LogP contribution is 2.29. The second kappa shape index (κ2) is 8.01. The van der Waals surface area contributed by atoms with E-state index in [1.807, 2.05) is 7.05 Å². The van der Waals surface area contributed by atoms with Crippen LogP contribution in [0.4, 0.5) is 13.2 Å². The zero-order valence-electron chi connectivity index (χ0n) is 14.2. The minimum absolute atomic E-state index is 0.0122. The first-order chi connectivity index (χ1) is 11.3. The number of hydrogen-bond donors (Lipinski definition) is 2. The number of hydrogen-bond acceptors (Lipinski definition) is 1. The fourth-order valence-corrected chi connectivity index (χ4v) is 3.29. The largest absolute Gasteiger partial charge is 0.416 e. The molecule has 1 aromatic carbocycles. The summed E-state index contributed by atoms with van der Waals surface area (Å²) >= 11 is 0. The number of carbonyl (C=O) groups excluding carboxylic acids is 1. The minimum atomic E-state index is -4.31. The fourth-order valence-electron chi connectivity index (χ4n) is 3.29. The van der Waals surface area contributed by atoms with Gasteiger partial charge < -0.3 is 10.2 Å². The number of benzene rings is 1. The minimum Gasteiger partial charge on any atom is -0.348 e. The normalized spacial score (nSPS) is 22.9. The molecule has 1 fully saturated rings. The lowest BCUT2D eigenvalue weighted by Gasteiger charge is -2.29. The molecule has 1 saturated carbocycles. The summed E-state index contributed by atoms with van der Waals surface area (Å²) in [5.74, 6) is 0.524. The molecule has 3 atom stereocenters. The Labute approximate surface area is 141 Å². The Morgan fingerprint density at radius 3 is 2.42 bits per heavy atom. The maximum Gasteiger partial charge on any atom is 0.416 e. The van der Waals surface area contributed by atoms with E-state index < -0.39 is 11.7 Å². The highest BCUT2D eigenvalue weighted by molar-refractivity contribution is 5.77. The molecule has 1 unspecified atom stereocenters. The van der Waals surface area contributed by atoms with Crippen molar-refractivity contribution in [2.75, 3.05) is 13.6 Å². The molecule has 0 saturated heterocycles. The van der Waals surface area contributed by atoms with Crippen molar-refractivity contribution in [3.63, 3.8) is 0 Å². The first-order valence-electron chi connectivity index (χ1n) is 8.52. The van der Waals surface area contributed by atoms with Crippen molar-refractivity contribution >= 4 is 5.91 Å². The van der Waals surface area contributed by atoms with Crippen molar-refractivity contribution in [3.8, 4) is 0 Å². The molecule has 0 bridgehead atoms. The van der Waals surface area contributed by atoms with Gasteiger partial charge in [0.25, 0.3) is 5.91 Å². The molecule has 24 heavy (non-hydrogen) atoms. The van der Waals surface area contributed by atoms with E-state index in [1.54, 1.807) is 0 Å². The molecule has 1 aliphatic rings. The molecule has 0 aliphatic heterocycles. The molecule has 0 radical (unpaired) electrons. The van der Waals surface area contributed by atoms with E-state index in [9.17, 15) is 18.0 Å². The summed E-state index contributed by atoms with van der Waals surface area (Å²) in [4.78, 5) is 13.1. The molecule has 0 aromatic heterocycles. The van der Waals surface area contributed by atoms with Crippen LogP contribution in [-0.2, 0) is 17.5 Å². The summed E-state index contributed by atoms with van der Waals surface area (Å²) in [6, 6.07) is 5.39. The van der Waals surface area contributed by atoms with Gasteiger partial charge in [-0.05, 0) is 30.9 Å². The van der Waals surface area contributed by atoms with Gasteiger partial charge in [0.2, 0.25) is 0 Å². The smallest absolute Gasteiger partial charge is 0.348 e. The quantitative estimate of drug-likeness (QED) is 0.846. The van der Waals surface area contributed by atoms with Gasteiger partial charge in [-0.25, -0.2) is 0 Å². The van der Waals surface area contributed by atoms with Crippen LogP contribution in [0.2, 0.25) is 0 Å².